The Morgan fingerprint density at radius 3 is 2.24 bits per heavy atom. The van der Waals surface area contributed by atoms with Crippen molar-refractivity contribution >= 4 is 21.6 Å². The fourth-order valence-corrected chi connectivity index (χ4v) is 4.17. The molecule has 0 unspecified atom stereocenters. The van der Waals surface area contributed by atoms with E-state index in [0.717, 1.165) is 5.56 Å². The van der Waals surface area contributed by atoms with Crippen molar-refractivity contribution in [1.82, 2.24) is 4.72 Å². The van der Waals surface area contributed by atoms with Crippen molar-refractivity contribution in [3.8, 4) is 17.2 Å². The number of amides is 1. The topological polar surface area (TPSA) is 103 Å². The lowest BCUT2D eigenvalue weighted by atomic mass is 10.2. The molecule has 0 aliphatic heterocycles. The SMILES string of the molecule is COc1ccc(NC(=O)COc2ccc(S(=O)(=O)NCc3ccccc3)cc2C)cc1OC. The van der Waals surface area contributed by atoms with Crippen LogP contribution < -0.4 is 24.2 Å². The standard InChI is InChI=1S/C24H26N2O6S/c1-17-13-20(33(28,29)25-15-18-7-5-4-6-8-18)10-12-21(17)32-16-24(27)26-19-9-11-22(30-2)23(14-19)31-3/h4-14,25H,15-16H2,1-3H3,(H,26,27). The largest absolute Gasteiger partial charge is 0.493 e. The molecule has 3 rings (SSSR count). The van der Waals surface area contributed by atoms with Gasteiger partial charge in [-0.25, -0.2) is 13.1 Å². The Morgan fingerprint density at radius 1 is 0.879 bits per heavy atom. The Bertz CT molecular complexity index is 1210. The Hall–Kier alpha value is -3.56. The van der Waals surface area contributed by atoms with Crippen LogP contribution in [-0.2, 0) is 21.4 Å². The minimum absolute atomic E-state index is 0.123. The Kier molecular flexibility index (Phi) is 7.92. The molecule has 0 saturated carbocycles. The lowest BCUT2D eigenvalue weighted by Gasteiger charge is -2.13. The monoisotopic (exact) mass is 470 g/mol. The fourth-order valence-electron chi connectivity index (χ4n) is 3.06. The van der Waals surface area contributed by atoms with Crippen molar-refractivity contribution in [1.29, 1.82) is 0 Å². The summed E-state index contributed by atoms with van der Waals surface area (Å²) in [6, 6.07) is 18.8. The second-order valence-electron chi connectivity index (χ2n) is 7.14. The summed E-state index contributed by atoms with van der Waals surface area (Å²) in [7, 11) is -0.649. The van der Waals surface area contributed by atoms with Crippen LogP contribution in [0.25, 0.3) is 0 Å². The minimum Gasteiger partial charge on any atom is -0.493 e. The molecular formula is C24H26N2O6S. The number of carbonyl (C=O) groups is 1. The first-order valence-electron chi connectivity index (χ1n) is 10.1. The number of hydrogen-bond donors (Lipinski definition) is 2. The lowest BCUT2D eigenvalue weighted by molar-refractivity contribution is -0.118. The van der Waals surface area contributed by atoms with E-state index < -0.39 is 10.0 Å². The van der Waals surface area contributed by atoms with Crippen LogP contribution in [0, 0.1) is 6.92 Å². The van der Waals surface area contributed by atoms with Crippen molar-refractivity contribution in [2.45, 2.75) is 18.4 Å². The zero-order chi connectivity index (χ0) is 23.8. The van der Waals surface area contributed by atoms with E-state index in [2.05, 4.69) is 10.0 Å². The zero-order valence-electron chi connectivity index (χ0n) is 18.6. The molecule has 33 heavy (non-hydrogen) atoms. The Balaban J connectivity index is 1.59. The molecule has 1 amide bonds. The third kappa shape index (κ3) is 6.47. The molecule has 0 spiro atoms. The Morgan fingerprint density at radius 2 is 1.58 bits per heavy atom. The molecule has 3 aromatic rings. The normalized spacial score (nSPS) is 11.0. The maximum absolute atomic E-state index is 12.6. The number of ether oxygens (including phenoxy) is 3. The van der Waals surface area contributed by atoms with Crippen LogP contribution in [0.2, 0.25) is 0 Å². The first-order chi connectivity index (χ1) is 15.8. The van der Waals surface area contributed by atoms with Gasteiger partial charge in [-0.15, -0.1) is 0 Å². The molecular weight excluding hydrogens is 444 g/mol. The number of rotatable bonds is 10. The molecule has 2 N–H and O–H groups in total. The molecule has 3 aromatic carbocycles. The highest BCUT2D eigenvalue weighted by Crippen LogP contribution is 2.29. The van der Waals surface area contributed by atoms with E-state index in [-0.39, 0.29) is 24.0 Å². The van der Waals surface area contributed by atoms with Crippen LogP contribution in [0.15, 0.2) is 71.6 Å². The van der Waals surface area contributed by atoms with Crippen LogP contribution in [0.3, 0.4) is 0 Å². The molecule has 0 aliphatic carbocycles. The van der Waals surface area contributed by atoms with Gasteiger partial charge in [-0.2, -0.15) is 0 Å². The number of sulfonamides is 1. The number of aryl methyl sites for hydroxylation is 1. The van der Waals surface area contributed by atoms with Crippen LogP contribution in [0.4, 0.5) is 5.69 Å². The highest BCUT2D eigenvalue weighted by atomic mass is 32.2. The van der Waals surface area contributed by atoms with E-state index in [1.807, 2.05) is 30.3 Å². The summed E-state index contributed by atoms with van der Waals surface area (Å²) < 4.78 is 43.8. The van der Waals surface area contributed by atoms with E-state index in [1.165, 1.54) is 32.4 Å². The third-order valence-corrected chi connectivity index (χ3v) is 6.19. The number of benzene rings is 3. The summed E-state index contributed by atoms with van der Waals surface area (Å²) in [6.07, 6.45) is 0. The molecule has 9 heteroatoms. The lowest BCUT2D eigenvalue weighted by Crippen LogP contribution is -2.23. The number of hydrogen-bond acceptors (Lipinski definition) is 6. The van der Waals surface area contributed by atoms with Crippen molar-refractivity contribution in [2.24, 2.45) is 0 Å². The second kappa shape index (κ2) is 10.8. The molecule has 0 radical (unpaired) electrons. The van der Waals surface area contributed by atoms with Gasteiger partial charge in [0, 0.05) is 18.3 Å². The van der Waals surface area contributed by atoms with Crippen LogP contribution in [-0.4, -0.2) is 35.2 Å². The third-order valence-electron chi connectivity index (χ3n) is 4.79. The smallest absolute Gasteiger partial charge is 0.262 e. The molecule has 0 fully saturated rings. The van der Waals surface area contributed by atoms with Crippen molar-refractivity contribution < 1.29 is 27.4 Å². The predicted octanol–water partition coefficient (Wildman–Crippen LogP) is 3.51. The van der Waals surface area contributed by atoms with E-state index in [9.17, 15) is 13.2 Å². The Labute approximate surface area is 193 Å². The molecule has 0 heterocycles. The number of anilines is 1. The van der Waals surface area contributed by atoms with Gasteiger partial charge in [-0.3, -0.25) is 4.79 Å². The van der Waals surface area contributed by atoms with E-state index in [4.69, 9.17) is 14.2 Å². The summed E-state index contributed by atoms with van der Waals surface area (Å²) in [5.74, 6) is 1.09. The van der Waals surface area contributed by atoms with E-state index >= 15 is 0 Å². The van der Waals surface area contributed by atoms with Gasteiger partial charge in [0.15, 0.2) is 18.1 Å². The highest BCUT2D eigenvalue weighted by Gasteiger charge is 2.16. The van der Waals surface area contributed by atoms with Gasteiger partial charge in [0.05, 0.1) is 19.1 Å². The fraction of sp³-hybridized carbons (Fsp3) is 0.208. The highest BCUT2D eigenvalue weighted by molar-refractivity contribution is 7.89. The summed E-state index contributed by atoms with van der Waals surface area (Å²) in [5.41, 5.74) is 1.98. The quantitative estimate of drug-likeness (QED) is 0.470. The van der Waals surface area contributed by atoms with Crippen molar-refractivity contribution in [3.63, 3.8) is 0 Å². The molecule has 0 atom stereocenters. The van der Waals surface area contributed by atoms with Gasteiger partial charge in [-0.1, -0.05) is 30.3 Å². The van der Waals surface area contributed by atoms with Gasteiger partial charge in [0.25, 0.3) is 5.91 Å². The van der Waals surface area contributed by atoms with Crippen LogP contribution in [0.1, 0.15) is 11.1 Å². The van der Waals surface area contributed by atoms with Gasteiger partial charge >= 0.3 is 0 Å². The van der Waals surface area contributed by atoms with E-state index in [1.54, 1.807) is 25.1 Å². The first kappa shape index (κ1) is 24.1. The molecule has 174 valence electrons. The summed E-state index contributed by atoms with van der Waals surface area (Å²) in [6.45, 7) is 1.67. The molecule has 8 nitrogen and oxygen atoms in total. The van der Waals surface area contributed by atoms with Crippen LogP contribution >= 0.6 is 0 Å². The van der Waals surface area contributed by atoms with E-state index in [0.29, 0.717) is 28.5 Å². The average molecular weight is 471 g/mol. The minimum atomic E-state index is -3.69. The molecule has 0 saturated heterocycles. The predicted molar refractivity (Wildman–Crippen MR) is 125 cm³/mol. The van der Waals surface area contributed by atoms with Crippen molar-refractivity contribution in [2.75, 3.05) is 26.1 Å². The average Bonchev–Trinajstić information content (AvgIpc) is 2.82. The number of carbonyl (C=O) groups excluding carboxylic acids is 1. The van der Waals surface area contributed by atoms with Gasteiger partial charge < -0.3 is 19.5 Å². The van der Waals surface area contributed by atoms with Gasteiger partial charge in [0.2, 0.25) is 10.0 Å². The van der Waals surface area contributed by atoms with Gasteiger partial charge in [0.1, 0.15) is 5.75 Å². The zero-order valence-corrected chi connectivity index (χ0v) is 19.4. The second-order valence-corrected chi connectivity index (χ2v) is 8.91. The summed E-state index contributed by atoms with van der Waals surface area (Å²) in [5, 5.41) is 2.72. The first-order valence-corrected chi connectivity index (χ1v) is 11.6. The van der Waals surface area contributed by atoms with Crippen LogP contribution in [0.5, 0.6) is 17.2 Å². The van der Waals surface area contributed by atoms with Crippen molar-refractivity contribution in [3.05, 3.63) is 77.9 Å². The number of methoxy groups -OCH3 is 2. The summed E-state index contributed by atoms with van der Waals surface area (Å²) >= 11 is 0. The molecule has 0 aliphatic rings. The van der Waals surface area contributed by atoms with Gasteiger partial charge in [-0.05, 0) is 48.4 Å². The molecule has 0 bridgehead atoms. The summed E-state index contributed by atoms with van der Waals surface area (Å²) in [4.78, 5) is 12.4. The molecule has 0 aromatic heterocycles. The maximum atomic E-state index is 12.6. The maximum Gasteiger partial charge on any atom is 0.262 e. The number of nitrogens with one attached hydrogen (secondary N) is 2.